The predicted molar refractivity (Wildman–Crippen MR) is 278 cm³/mol. The highest BCUT2D eigenvalue weighted by Gasteiger charge is 2.18. The van der Waals surface area contributed by atoms with Crippen LogP contribution in [0.3, 0.4) is 0 Å². The van der Waals surface area contributed by atoms with Gasteiger partial charge in [-0.15, -0.1) is 0 Å². The minimum absolute atomic E-state index is 0.0103. The van der Waals surface area contributed by atoms with E-state index in [1.165, 1.54) is 257 Å². The zero-order valence-corrected chi connectivity index (χ0v) is 43.3. The molecule has 0 aromatic carbocycles. The molecule has 0 radical (unpaired) electrons. The van der Waals surface area contributed by atoms with E-state index in [4.69, 9.17) is 4.74 Å². The average Bonchev–Trinajstić information content (AvgIpc) is 3.29. The molecule has 1 amide bonds. The summed E-state index contributed by atoms with van der Waals surface area (Å²) in [4.78, 5) is 24.5. The Labute approximate surface area is 399 Å². The fraction of sp³-hybridized carbons (Fsp3) is 0.931. The quantitative estimate of drug-likeness (QED) is 0.0321. The van der Waals surface area contributed by atoms with Crippen LogP contribution in [-0.4, -0.2) is 47.4 Å². The number of ether oxygens (including phenoxy) is 1. The van der Waals surface area contributed by atoms with Crippen molar-refractivity contribution in [2.45, 2.75) is 334 Å². The van der Waals surface area contributed by atoms with Crippen molar-refractivity contribution in [3.8, 4) is 0 Å². The number of allylic oxidation sites excluding steroid dienone is 1. The van der Waals surface area contributed by atoms with Crippen molar-refractivity contribution < 1.29 is 24.5 Å². The van der Waals surface area contributed by atoms with E-state index in [0.717, 1.165) is 38.5 Å². The van der Waals surface area contributed by atoms with Crippen LogP contribution < -0.4 is 5.32 Å². The molecule has 0 heterocycles. The van der Waals surface area contributed by atoms with Crippen LogP contribution in [0, 0.1) is 0 Å². The summed E-state index contributed by atoms with van der Waals surface area (Å²) in [5, 5.41) is 23.1. The summed E-state index contributed by atoms with van der Waals surface area (Å²) in [7, 11) is 0. The first-order valence-electron chi connectivity index (χ1n) is 29.0. The number of carbonyl (C=O) groups is 2. The number of hydrogen-bond donors (Lipinski definition) is 3. The van der Waals surface area contributed by atoms with Gasteiger partial charge in [0.1, 0.15) is 0 Å². The number of nitrogens with one attached hydrogen (secondary N) is 1. The van der Waals surface area contributed by atoms with Crippen LogP contribution in [-0.2, 0) is 14.3 Å². The minimum atomic E-state index is -0.845. The highest BCUT2D eigenvalue weighted by atomic mass is 16.5. The van der Waals surface area contributed by atoms with Gasteiger partial charge in [0.25, 0.3) is 0 Å². The molecule has 0 saturated carbocycles. The fourth-order valence-corrected chi connectivity index (χ4v) is 9.11. The standard InChI is InChI=1S/C58H113NO5/c1-3-5-7-9-11-13-15-17-23-27-30-34-38-42-46-50-56(61)55(54-60)59-57(62)51-47-43-39-35-31-28-24-21-19-18-20-22-25-29-33-37-41-45-49-53-64-58(63)52-48-44-40-36-32-26-16-14-12-10-8-6-4-2/h46,50,55-56,60-61H,3-45,47-49,51-54H2,1-2H3,(H,59,62)/b50-46+. The minimum Gasteiger partial charge on any atom is -0.466 e. The average molecular weight is 905 g/mol. The molecule has 2 atom stereocenters. The van der Waals surface area contributed by atoms with Gasteiger partial charge in [-0.05, 0) is 32.1 Å². The normalized spacial score (nSPS) is 12.6. The van der Waals surface area contributed by atoms with Gasteiger partial charge in [0.15, 0.2) is 0 Å². The first kappa shape index (κ1) is 62.6. The van der Waals surface area contributed by atoms with E-state index in [-0.39, 0.29) is 18.5 Å². The molecule has 0 spiro atoms. The summed E-state index contributed by atoms with van der Waals surface area (Å²) in [5.74, 6) is -0.0587. The Bertz CT molecular complexity index is 955. The third-order valence-corrected chi connectivity index (χ3v) is 13.6. The molecule has 64 heavy (non-hydrogen) atoms. The Morgan fingerprint density at radius 3 is 1.06 bits per heavy atom. The first-order chi connectivity index (χ1) is 31.5. The lowest BCUT2D eigenvalue weighted by molar-refractivity contribution is -0.143. The van der Waals surface area contributed by atoms with E-state index >= 15 is 0 Å². The molecular weight excluding hydrogens is 791 g/mol. The molecule has 0 aromatic heterocycles. The van der Waals surface area contributed by atoms with Gasteiger partial charge in [-0.25, -0.2) is 0 Å². The van der Waals surface area contributed by atoms with Crippen molar-refractivity contribution >= 4 is 11.9 Å². The molecule has 6 heteroatoms. The largest absolute Gasteiger partial charge is 0.466 e. The highest BCUT2D eigenvalue weighted by Crippen LogP contribution is 2.17. The van der Waals surface area contributed by atoms with Crippen molar-refractivity contribution in [3.05, 3.63) is 12.2 Å². The molecule has 0 aliphatic carbocycles. The molecule has 0 rings (SSSR count). The van der Waals surface area contributed by atoms with E-state index in [0.29, 0.717) is 19.4 Å². The number of esters is 1. The Morgan fingerprint density at radius 2 is 0.719 bits per heavy atom. The zero-order valence-electron chi connectivity index (χ0n) is 43.3. The van der Waals surface area contributed by atoms with Gasteiger partial charge < -0.3 is 20.3 Å². The van der Waals surface area contributed by atoms with Gasteiger partial charge in [0.2, 0.25) is 5.91 Å². The second-order valence-corrected chi connectivity index (χ2v) is 20.0. The van der Waals surface area contributed by atoms with Crippen molar-refractivity contribution in [2.24, 2.45) is 0 Å². The zero-order chi connectivity index (χ0) is 46.5. The van der Waals surface area contributed by atoms with Gasteiger partial charge in [0, 0.05) is 12.8 Å². The van der Waals surface area contributed by atoms with E-state index in [1.807, 2.05) is 6.08 Å². The number of aliphatic hydroxyl groups excluding tert-OH is 2. The van der Waals surface area contributed by atoms with E-state index in [9.17, 15) is 19.8 Å². The van der Waals surface area contributed by atoms with Crippen LogP contribution >= 0.6 is 0 Å². The van der Waals surface area contributed by atoms with Crippen LogP contribution in [0.1, 0.15) is 322 Å². The molecule has 6 nitrogen and oxygen atoms in total. The number of amides is 1. The van der Waals surface area contributed by atoms with Crippen molar-refractivity contribution in [2.75, 3.05) is 13.2 Å². The second-order valence-electron chi connectivity index (χ2n) is 20.0. The molecule has 0 bridgehead atoms. The number of carbonyl (C=O) groups excluding carboxylic acids is 2. The molecule has 0 fully saturated rings. The molecule has 0 saturated heterocycles. The van der Waals surface area contributed by atoms with E-state index < -0.39 is 12.1 Å². The van der Waals surface area contributed by atoms with Crippen LogP contribution in [0.2, 0.25) is 0 Å². The third kappa shape index (κ3) is 50.0. The Balaban J connectivity index is 3.41. The second kappa shape index (κ2) is 54.2. The lowest BCUT2D eigenvalue weighted by Gasteiger charge is -2.20. The maximum Gasteiger partial charge on any atom is 0.305 e. The van der Waals surface area contributed by atoms with Crippen LogP contribution in [0.15, 0.2) is 12.2 Å². The highest BCUT2D eigenvalue weighted by molar-refractivity contribution is 5.76. The molecule has 2 unspecified atom stereocenters. The van der Waals surface area contributed by atoms with Gasteiger partial charge >= 0.3 is 5.97 Å². The Kier molecular flexibility index (Phi) is 53.0. The molecule has 0 aromatic rings. The lowest BCUT2D eigenvalue weighted by atomic mass is 10.0. The molecule has 0 aliphatic heterocycles. The summed E-state index contributed by atoms with van der Waals surface area (Å²) in [5.41, 5.74) is 0. The summed E-state index contributed by atoms with van der Waals surface area (Å²) in [6.45, 7) is 4.91. The maximum absolute atomic E-state index is 12.4. The number of rotatable bonds is 54. The van der Waals surface area contributed by atoms with Crippen molar-refractivity contribution in [1.82, 2.24) is 5.32 Å². The first-order valence-corrected chi connectivity index (χ1v) is 29.0. The van der Waals surface area contributed by atoms with Crippen molar-refractivity contribution in [3.63, 3.8) is 0 Å². The monoisotopic (exact) mass is 904 g/mol. The van der Waals surface area contributed by atoms with E-state index in [1.54, 1.807) is 6.08 Å². The predicted octanol–water partition coefficient (Wildman–Crippen LogP) is 17.7. The topological polar surface area (TPSA) is 95.9 Å². The van der Waals surface area contributed by atoms with Gasteiger partial charge in [0.05, 0.1) is 25.4 Å². The summed E-state index contributed by atoms with van der Waals surface area (Å²) in [6.07, 6.45) is 63.7. The fourth-order valence-electron chi connectivity index (χ4n) is 9.11. The summed E-state index contributed by atoms with van der Waals surface area (Å²) >= 11 is 0. The smallest absolute Gasteiger partial charge is 0.305 e. The summed E-state index contributed by atoms with van der Waals surface area (Å²) in [6, 6.07) is -0.629. The van der Waals surface area contributed by atoms with Crippen molar-refractivity contribution in [1.29, 1.82) is 0 Å². The lowest BCUT2D eigenvalue weighted by Crippen LogP contribution is -2.45. The Morgan fingerprint density at radius 1 is 0.422 bits per heavy atom. The van der Waals surface area contributed by atoms with Crippen LogP contribution in [0.5, 0.6) is 0 Å². The van der Waals surface area contributed by atoms with E-state index in [2.05, 4.69) is 19.2 Å². The van der Waals surface area contributed by atoms with Gasteiger partial charge in [-0.3, -0.25) is 9.59 Å². The van der Waals surface area contributed by atoms with Gasteiger partial charge in [-0.2, -0.15) is 0 Å². The van der Waals surface area contributed by atoms with Crippen LogP contribution in [0.4, 0.5) is 0 Å². The third-order valence-electron chi connectivity index (χ3n) is 13.6. The molecular formula is C58H113NO5. The number of unbranched alkanes of at least 4 members (excludes halogenated alkanes) is 43. The Hall–Kier alpha value is -1.40. The molecule has 380 valence electrons. The van der Waals surface area contributed by atoms with Crippen LogP contribution in [0.25, 0.3) is 0 Å². The number of aliphatic hydroxyl groups is 2. The maximum atomic E-state index is 12.4. The molecule has 3 N–H and O–H groups in total. The SMILES string of the molecule is CCCCCCCCCCCCCCC/C=C/C(O)C(CO)NC(=O)CCCCCCCCCCCCCCCCCCCCCOC(=O)CCCCCCCCCCCCCCC. The molecule has 0 aliphatic rings. The summed E-state index contributed by atoms with van der Waals surface area (Å²) < 4.78 is 5.47. The van der Waals surface area contributed by atoms with Gasteiger partial charge in [-0.1, -0.05) is 289 Å². The number of hydrogen-bond acceptors (Lipinski definition) is 5.